The van der Waals surface area contributed by atoms with E-state index in [-0.39, 0.29) is 11.8 Å². The van der Waals surface area contributed by atoms with Crippen molar-refractivity contribution in [1.82, 2.24) is 5.32 Å². The van der Waals surface area contributed by atoms with E-state index in [9.17, 15) is 9.59 Å². The van der Waals surface area contributed by atoms with Gasteiger partial charge in [0, 0.05) is 11.1 Å². The lowest BCUT2D eigenvalue weighted by atomic mass is 10.0. The van der Waals surface area contributed by atoms with Crippen molar-refractivity contribution < 1.29 is 9.59 Å². The first kappa shape index (κ1) is 8.97. The SMILES string of the molecule is CC1=C(CC(C)C)C(=O)NC1=O. The Morgan fingerprint density at radius 2 is 1.83 bits per heavy atom. The smallest absolute Gasteiger partial charge is 0.254 e. The van der Waals surface area contributed by atoms with Crippen molar-refractivity contribution in [2.75, 3.05) is 0 Å². The largest absolute Gasteiger partial charge is 0.289 e. The van der Waals surface area contributed by atoms with Gasteiger partial charge in [-0.3, -0.25) is 14.9 Å². The average Bonchev–Trinajstić information content (AvgIpc) is 2.16. The molecule has 0 spiro atoms. The zero-order valence-corrected chi connectivity index (χ0v) is 7.60. The molecule has 2 amide bonds. The highest BCUT2D eigenvalue weighted by atomic mass is 16.2. The predicted octanol–water partition coefficient (Wildman–Crippen LogP) is 1.01. The number of nitrogens with one attached hydrogen (secondary N) is 1. The lowest BCUT2D eigenvalue weighted by Crippen LogP contribution is -2.23. The van der Waals surface area contributed by atoms with Crippen LogP contribution in [-0.4, -0.2) is 11.8 Å². The molecule has 0 saturated carbocycles. The van der Waals surface area contributed by atoms with Crippen molar-refractivity contribution in [3.8, 4) is 0 Å². The van der Waals surface area contributed by atoms with Crippen molar-refractivity contribution in [1.29, 1.82) is 0 Å². The second-order valence-electron chi connectivity index (χ2n) is 3.48. The molecule has 1 rings (SSSR count). The summed E-state index contributed by atoms with van der Waals surface area (Å²) < 4.78 is 0. The molecular weight excluding hydrogens is 154 g/mol. The van der Waals surface area contributed by atoms with Gasteiger partial charge in [0.05, 0.1) is 0 Å². The lowest BCUT2D eigenvalue weighted by molar-refractivity contribution is -0.124. The first-order valence-electron chi connectivity index (χ1n) is 4.07. The van der Waals surface area contributed by atoms with Crippen LogP contribution >= 0.6 is 0 Å². The van der Waals surface area contributed by atoms with Gasteiger partial charge in [-0.1, -0.05) is 13.8 Å². The quantitative estimate of drug-likeness (QED) is 0.624. The van der Waals surface area contributed by atoms with Gasteiger partial charge < -0.3 is 0 Å². The number of amides is 2. The van der Waals surface area contributed by atoms with Crippen LogP contribution in [0, 0.1) is 5.92 Å². The summed E-state index contributed by atoms with van der Waals surface area (Å²) in [7, 11) is 0. The fraction of sp³-hybridized carbons (Fsp3) is 0.556. The molecule has 0 atom stereocenters. The molecule has 0 bridgehead atoms. The number of carbonyl (C=O) groups is 2. The van der Waals surface area contributed by atoms with E-state index in [2.05, 4.69) is 5.32 Å². The van der Waals surface area contributed by atoms with E-state index in [1.165, 1.54) is 0 Å². The number of rotatable bonds is 2. The predicted molar refractivity (Wildman–Crippen MR) is 45.3 cm³/mol. The third-order valence-corrected chi connectivity index (χ3v) is 1.91. The molecule has 66 valence electrons. The van der Waals surface area contributed by atoms with Gasteiger partial charge in [-0.2, -0.15) is 0 Å². The van der Waals surface area contributed by atoms with Crippen LogP contribution in [0.3, 0.4) is 0 Å². The molecule has 3 nitrogen and oxygen atoms in total. The maximum absolute atomic E-state index is 11.1. The van der Waals surface area contributed by atoms with E-state index >= 15 is 0 Å². The summed E-state index contributed by atoms with van der Waals surface area (Å²) >= 11 is 0. The van der Waals surface area contributed by atoms with E-state index < -0.39 is 0 Å². The molecule has 3 heteroatoms. The zero-order chi connectivity index (χ0) is 9.30. The molecule has 1 N–H and O–H groups in total. The number of carbonyl (C=O) groups excluding carboxylic acids is 2. The van der Waals surface area contributed by atoms with Crippen molar-refractivity contribution >= 4 is 11.8 Å². The standard InChI is InChI=1S/C9H13NO2/c1-5(2)4-7-6(3)8(11)10-9(7)12/h5H,4H2,1-3H3,(H,10,11,12). The first-order chi connectivity index (χ1) is 5.52. The monoisotopic (exact) mass is 167 g/mol. The minimum Gasteiger partial charge on any atom is -0.289 e. The van der Waals surface area contributed by atoms with Crippen LogP contribution in [0.4, 0.5) is 0 Å². The van der Waals surface area contributed by atoms with Gasteiger partial charge in [-0.05, 0) is 19.3 Å². The Labute approximate surface area is 71.8 Å². The van der Waals surface area contributed by atoms with E-state index in [1.807, 2.05) is 13.8 Å². The Morgan fingerprint density at radius 1 is 1.25 bits per heavy atom. The second-order valence-corrected chi connectivity index (χ2v) is 3.48. The molecule has 12 heavy (non-hydrogen) atoms. The Kier molecular flexibility index (Phi) is 2.31. The fourth-order valence-electron chi connectivity index (χ4n) is 1.23. The van der Waals surface area contributed by atoms with Crippen LogP contribution in [0.2, 0.25) is 0 Å². The summed E-state index contributed by atoms with van der Waals surface area (Å²) in [6.45, 7) is 5.74. The molecule has 1 aliphatic heterocycles. The Hall–Kier alpha value is -1.12. The maximum Gasteiger partial charge on any atom is 0.254 e. The molecule has 0 aliphatic carbocycles. The van der Waals surface area contributed by atoms with Gasteiger partial charge in [0.1, 0.15) is 0 Å². The molecule has 0 aromatic heterocycles. The van der Waals surface area contributed by atoms with Crippen molar-refractivity contribution in [2.45, 2.75) is 27.2 Å². The summed E-state index contributed by atoms with van der Waals surface area (Å²) in [4.78, 5) is 22.1. The summed E-state index contributed by atoms with van der Waals surface area (Å²) in [6, 6.07) is 0. The molecule has 1 aliphatic rings. The van der Waals surface area contributed by atoms with E-state index in [0.717, 1.165) is 0 Å². The van der Waals surface area contributed by atoms with Crippen LogP contribution in [0.1, 0.15) is 27.2 Å². The molecule has 0 unspecified atom stereocenters. The maximum atomic E-state index is 11.1. The topological polar surface area (TPSA) is 46.2 Å². The van der Waals surface area contributed by atoms with E-state index in [1.54, 1.807) is 6.92 Å². The summed E-state index contributed by atoms with van der Waals surface area (Å²) in [5.74, 6) is -0.0477. The number of hydrogen-bond donors (Lipinski definition) is 1. The first-order valence-corrected chi connectivity index (χ1v) is 4.07. The third kappa shape index (κ3) is 1.55. The second kappa shape index (κ2) is 3.09. The van der Waals surface area contributed by atoms with Gasteiger partial charge in [0.25, 0.3) is 11.8 Å². The normalized spacial score (nSPS) is 17.7. The van der Waals surface area contributed by atoms with Crippen LogP contribution in [0.15, 0.2) is 11.1 Å². The average molecular weight is 167 g/mol. The lowest BCUT2D eigenvalue weighted by Gasteiger charge is -2.03. The Balaban J connectivity index is 2.85. The van der Waals surface area contributed by atoms with Gasteiger partial charge in [-0.15, -0.1) is 0 Å². The van der Waals surface area contributed by atoms with Gasteiger partial charge in [-0.25, -0.2) is 0 Å². The Bertz CT molecular complexity index is 264. The van der Waals surface area contributed by atoms with Crippen LogP contribution < -0.4 is 5.32 Å². The van der Waals surface area contributed by atoms with Crippen LogP contribution in [0.5, 0.6) is 0 Å². The van der Waals surface area contributed by atoms with Crippen LogP contribution in [-0.2, 0) is 9.59 Å². The van der Waals surface area contributed by atoms with Gasteiger partial charge in [0.2, 0.25) is 0 Å². The highest BCUT2D eigenvalue weighted by molar-refractivity contribution is 6.19. The Morgan fingerprint density at radius 3 is 2.17 bits per heavy atom. The third-order valence-electron chi connectivity index (χ3n) is 1.91. The number of hydrogen-bond acceptors (Lipinski definition) is 2. The fourth-order valence-corrected chi connectivity index (χ4v) is 1.23. The van der Waals surface area contributed by atoms with Crippen molar-refractivity contribution in [3.63, 3.8) is 0 Å². The van der Waals surface area contributed by atoms with Crippen LogP contribution in [0.25, 0.3) is 0 Å². The molecule has 0 fully saturated rings. The molecule has 1 heterocycles. The molecule has 0 aromatic rings. The minimum absolute atomic E-state index is 0.216. The van der Waals surface area contributed by atoms with Crippen molar-refractivity contribution in [3.05, 3.63) is 11.1 Å². The molecule has 0 aromatic carbocycles. The molecule has 0 saturated heterocycles. The van der Waals surface area contributed by atoms with Gasteiger partial charge >= 0.3 is 0 Å². The molecular formula is C9H13NO2. The highest BCUT2D eigenvalue weighted by Crippen LogP contribution is 2.19. The minimum atomic E-state index is -0.240. The van der Waals surface area contributed by atoms with Crippen molar-refractivity contribution in [2.24, 2.45) is 5.92 Å². The molecule has 0 radical (unpaired) electrons. The summed E-state index contributed by atoms with van der Waals surface area (Å²) in [6.07, 6.45) is 0.684. The van der Waals surface area contributed by atoms with E-state index in [4.69, 9.17) is 0 Å². The highest BCUT2D eigenvalue weighted by Gasteiger charge is 2.26. The van der Waals surface area contributed by atoms with Gasteiger partial charge in [0.15, 0.2) is 0 Å². The number of imide groups is 1. The summed E-state index contributed by atoms with van der Waals surface area (Å²) in [5.41, 5.74) is 1.23. The zero-order valence-electron chi connectivity index (χ0n) is 7.60. The summed E-state index contributed by atoms with van der Waals surface area (Å²) in [5, 5.41) is 2.27. The van der Waals surface area contributed by atoms with E-state index in [0.29, 0.717) is 23.5 Å².